The molecular formula is C20H24ClN3O2. The Balaban J connectivity index is 2.12. The highest BCUT2D eigenvalue weighted by Crippen LogP contribution is 2.22. The Labute approximate surface area is 159 Å². The first-order chi connectivity index (χ1) is 12.5. The van der Waals surface area contributed by atoms with Crippen molar-refractivity contribution >= 4 is 40.5 Å². The first-order valence-electron chi connectivity index (χ1n) is 8.63. The number of para-hydroxylation sites is 1. The second kappa shape index (κ2) is 9.25. The van der Waals surface area contributed by atoms with Crippen LogP contribution in [0.3, 0.4) is 0 Å². The van der Waals surface area contributed by atoms with E-state index in [1.807, 2.05) is 24.3 Å². The number of carbonyl (C=O) groups is 2. The molecule has 26 heavy (non-hydrogen) atoms. The van der Waals surface area contributed by atoms with Gasteiger partial charge in [0.05, 0.1) is 10.7 Å². The van der Waals surface area contributed by atoms with E-state index in [0.29, 0.717) is 16.4 Å². The van der Waals surface area contributed by atoms with Crippen molar-refractivity contribution in [3.05, 3.63) is 53.6 Å². The van der Waals surface area contributed by atoms with Crippen molar-refractivity contribution in [3.63, 3.8) is 0 Å². The lowest BCUT2D eigenvalue weighted by atomic mass is 10.2. The molecule has 0 unspecified atom stereocenters. The van der Waals surface area contributed by atoms with E-state index in [9.17, 15) is 9.59 Å². The third-order valence-corrected chi connectivity index (χ3v) is 4.45. The summed E-state index contributed by atoms with van der Waals surface area (Å²) in [5, 5.41) is 3.20. The molecule has 0 aliphatic heterocycles. The van der Waals surface area contributed by atoms with Crippen molar-refractivity contribution in [2.75, 3.05) is 34.8 Å². The van der Waals surface area contributed by atoms with Crippen molar-refractivity contribution in [1.82, 2.24) is 0 Å². The molecule has 0 atom stereocenters. The molecule has 0 spiro atoms. The summed E-state index contributed by atoms with van der Waals surface area (Å²) in [5.41, 5.74) is 2.30. The molecule has 0 fully saturated rings. The number of amides is 2. The van der Waals surface area contributed by atoms with Crippen LogP contribution >= 0.6 is 11.6 Å². The maximum absolute atomic E-state index is 12.3. The predicted octanol–water partition coefficient (Wildman–Crippen LogP) is 4.18. The molecule has 2 rings (SSSR count). The third kappa shape index (κ3) is 4.99. The van der Waals surface area contributed by atoms with E-state index in [-0.39, 0.29) is 18.4 Å². The molecule has 0 aromatic heterocycles. The van der Waals surface area contributed by atoms with Crippen LogP contribution in [-0.4, -0.2) is 31.4 Å². The summed E-state index contributed by atoms with van der Waals surface area (Å²) in [7, 11) is 0. The Morgan fingerprint density at radius 3 is 2.08 bits per heavy atom. The topological polar surface area (TPSA) is 52.6 Å². The molecule has 138 valence electrons. The van der Waals surface area contributed by atoms with Gasteiger partial charge >= 0.3 is 0 Å². The van der Waals surface area contributed by atoms with Gasteiger partial charge < -0.3 is 15.1 Å². The van der Waals surface area contributed by atoms with Crippen molar-refractivity contribution in [3.8, 4) is 0 Å². The second-order valence-electron chi connectivity index (χ2n) is 5.82. The number of nitrogens with one attached hydrogen (secondary N) is 1. The number of halogens is 1. The first kappa shape index (κ1) is 19.8. The van der Waals surface area contributed by atoms with Crippen molar-refractivity contribution in [2.45, 2.75) is 20.8 Å². The lowest BCUT2D eigenvalue weighted by molar-refractivity contribution is -0.120. The summed E-state index contributed by atoms with van der Waals surface area (Å²) >= 11 is 6.06. The summed E-state index contributed by atoms with van der Waals surface area (Å²) in [5.74, 6) is -0.504. The molecular weight excluding hydrogens is 350 g/mol. The van der Waals surface area contributed by atoms with Crippen molar-refractivity contribution < 1.29 is 9.59 Å². The molecule has 6 heteroatoms. The standard InChI is InChI=1S/C20H24ClN3O2/c1-4-23(5-2)16-10-12-17(13-11-16)24(15(3)25)14-20(26)22-19-9-7-6-8-18(19)21/h6-13H,4-5,14H2,1-3H3,(H,22,26). The molecule has 0 aliphatic carbocycles. The van der Waals surface area contributed by atoms with Gasteiger partial charge in [0.15, 0.2) is 0 Å². The summed E-state index contributed by atoms with van der Waals surface area (Å²) in [6.45, 7) is 7.38. The van der Waals surface area contributed by atoms with Crippen LogP contribution in [0, 0.1) is 0 Å². The number of carbonyl (C=O) groups excluding carboxylic acids is 2. The fraction of sp³-hybridized carbons (Fsp3) is 0.300. The number of hydrogen-bond donors (Lipinski definition) is 1. The molecule has 2 aromatic carbocycles. The van der Waals surface area contributed by atoms with Crippen LogP contribution < -0.4 is 15.1 Å². The van der Waals surface area contributed by atoms with E-state index >= 15 is 0 Å². The Morgan fingerprint density at radius 1 is 0.962 bits per heavy atom. The molecule has 5 nitrogen and oxygen atoms in total. The normalized spacial score (nSPS) is 10.3. The number of anilines is 3. The highest BCUT2D eigenvalue weighted by atomic mass is 35.5. The van der Waals surface area contributed by atoms with Crippen LogP contribution in [0.15, 0.2) is 48.5 Å². The van der Waals surface area contributed by atoms with E-state index in [0.717, 1.165) is 18.8 Å². The minimum Gasteiger partial charge on any atom is -0.372 e. The van der Waals surface area contributed by atoms with Gasteiger partial charge in [-0.1, -0.05) is 23.7 Å². The van der Waals surface area contributed by atoms with Crippen LogP contribution in [0.2, 0.25) is 5.02 Å². The largest absolute Gasteiger partial charge is 0.372 e. The van der Waals surface area contributed by atoms with Crippen molar-refractivity contribution in [2.24, 2.45) is 0 Å². The first-order valence-corrected chi connectivity index (χ1v) is 9.01. The van der Waals surface area contributed by atoms with E-state index in [1.54, 1.807) is 24.3 Å². The lowest BCUT2D eigenvalue weighted by Crippen LogP contribution is -2.36. The highest BCUT2D eigenvalue weighted by molar-refractivity contribution is 6.33. The number of rotatable bonds is 7. The molecule has 0 aliphatic rings. The van der Waals surface area contributed by atoms with Gasteiger partial charge in [0.1, 0.15) is 6.54 Å². The average molecular weight is 374 g/mol. The number of benzene rings is 2. The van der Waals surface area contributed by atoms with Crippen molar-refractivity contribution in [1.29, 1.82) is 0 Å². The van der Waals surface area contributed by atoms with Crippen LogP contribution in [0.1, 0.15) is 20.8 Å². The highest BCUT2D eigenvalue weighted by Gasteiger charge is 2.17. The van der Waals surface area contributed by atoms with Gasteiger partial charge in [-0.05, 0) is 50.2 Å². The molecule has 1 N–H and O–H groups in total. The summed E-state index contributed by atoms with van der Waals surface area (Å²) in [6, 6.07) is 14.6. The zero-order valence-electron chi connectivity index (χ0n) is 15.3. The Kier molecular flexibility index (Phi) is 7.04. The zero-order valence-corrected chi connectivity index (χ0v) is 16.1. The van der Waals surface area contributed by atoms with E-state index in [2.05, 4.69) is 24.1 Å². The van der Waals surface area contributed by atoms with Gasteiger partial charge in [0.2, 0.25) is 11.8 Å². The van der Waals surface area contributed by atoms with E-state index < -0.39 is 0 Å². The molecule has 0 heterocycles. The summed E-state index contributed by atoms with van der Waals surface area (Å²) in [6.07, 6.45) is 0. The minimum atomic E-state index is -0.305. The molecule has 2 aromatic rings. The third-order valence-electron chi connectivity index (χ3n) is 4.12. The Morgan fingerprint density at radius 2 is 1.54 bits per heavy atom. The van der Waals surface area contributed by atoms with Gasteiger partial charge in [-0.2, -0.15) is 0 Å². The van der Waals surface area contributed by atoms with Gasteiger partial charge in [-0.25, -0.2) is 0 Å². The monoisotopic (exact) mass is 373 g/mol. The van der Waals surface area contributed by atoms with Gasteiger partial charge in [-0.15, -0.1) is 0 Å². The van der Waals surface area contributed by atoms with Crippen LogP contribution in [0.5, 0.6) is 0 Å². The SMILES string of the molecule is CCN(CC)c1ccc(N(CC(=O)Nc2ccccc2Cl)C(C)=O)cc1. The molecule has 2 amide bonds. The smallest absolute Gasteiger partial charge is 0.244 e. The fourth-order valence-corrected chi connectivity index (χ4v) is 2.90. The van der Waals surface area contributed by atoms with Crippen LogP contribution in [-0.2, 0) is 9.59 Å². The number of nitrogens with zero attached hydrogens (tertiary/aromatic N) is 2. The average Bonchev–Trinajstić information content (AvgIpc) is 2.63. The van der Waals surface area contributed by atoms with Crippen LogP contribution in [0.25, 0.3) is 0 Å². The van der Waals surface area contributed by atoms with E-state index in [4.69, 9.17) is 11.6 Å². The zero-order chi connectivity index (χ0) is 19.1. The molecule has 0 saturated carbocycles. The maximum Gasteiger partial charge on any atom is 0.244 e. The second-order valence-corrected chi connectivity index (χ2v) is 6.23. The van der Waals surface area contributed by atoms with Gasteiger partial charge in [0, 0.05) is 31.4 Å². The van der Waals surface area contributed by atoms with Crippen LogP contribution in [0.4, 0.5) is 17.1 Å². The fourth-order valence-electron chi connectivity index (χ4n) is 2.71. The van der Waals surface area contributed by atoms with E-state index in [1.165, 1.54) is 11.8 Å². The summed E-state index contributed by atoms with van der Waals surface area (Å²) < 4.78 is 0. The predicted molar refractivity (Wildman–Crippen MR) is 108 cm³/mol. The molecule has 0 bridgehead atoms. The molecule has 0 radical (unpaired) electrons. The molecule has 0 saturated heterocycles. The van der Waals surface area contributed by atoms with Gasteiger partial charge in [-0.3, -0.25) is 9.59 Å². The minimum absolute atomic E-state index is 0.0782. The quantitative estimate of drug-likeness (QED) is 0.792. The Bertz CT molecular complexity index is 758. The lowest BCUT2D eigenvalue weighted by Gasteiger charge is -2.24. The number of hydrogen-bond acceptors (Lipinski definition) is 3. The maximum atomic E-state index is 12.3. The van der Waals surface area contributed by atoms with Gasteiger partial charge in [0.25, 0.3) is 0 Å². The Hall–Kier alpha value is -2.53. The summed E-state index contributed by atoms with van der Waals surface area (Å²) in [4.78, 5) is 28.0.